The smallest absolute Gasteiger partial charge is 0.252 e. The van der Waals surface area contributed by atoms with Crippen LogP contribution in [0.4, 0.5) is 0 Å². The molecule has 0 radical (unpaired) electrons. The number of nitrogens with zero attached hydrogens (tertiary/aromatic N) is 2. The fraction of sp³-hybridized carbons (Fsp3) is 0.467. The summed E-state index contributed by atoms with van der Waals surface area (Å²) in [6.45, 7) is 1.91. The van der Waals surface area contributed by atoms with Gasteiger partial charge in [-0.15, -0.1) is 0 Å². The molecule has 0 fully saturated rings. The molecular formula is C15H21N3O4S. The van der Waals surface area contributed by atoms with Gasteiger partial charge in [-0.25, -0.2) is 12.7 Å². The zero-order chi connectivity index (χ0) is 17.6. The Balaban J connectivity index is 3.21. The van der Waals surface area contributed by atoms with E-state index in [0.717, 1.165) is 10.7 Å². The molecular weight excluding hydrogens is 318 g/mol. The zero-order valence-corrected chi connectivity index (χ0v) is 14.5. The molecule has 0 bridgehead atoms. The molecule has 0 saturated carbocycles. The second-order valence-electron chi connectivity index (χ2n) is 5.10. The number of hydrogen-bond donors (Lipinski definition) is 1. The lowest BCUT2D eigenvalue weighted by molar-refractivity contribution is 0.0943. The van der Waals surface area contributed by atoms with Gasteiger partial charge >= 0.3 is 0 Å². The van der Waals surface area contributed by atoms with Crippen LogP contribution in [0, 0.1) is 11.3 Å². The van der Waals surface area contributed by atoms with E-state index in [1.807, 2.05) is 13.0 Å². The van der Waals surface area contributed by atoms with Crippen LogP contribution in [-0.2, 0) is 10.0 Å². The van der Waals surface area contributed by atoms with E-state index < -0.39 is 22.0 Å². The first kappa shape index (κ1) is 18.9. The Morgan fingerprint density at radius 3 is 2.57 bits per heavy atom. The highest BCUT2D eigenvalue weighted by Crippen LogP contribution is 2.26. The molecule has 1 amide bonds. The Labute approximate surface area is 136 Å². The van der Waals surface area contributed by atoms with Crippen LogP contribution in [0.5, 0.6) is 5.75 Å². The van der Waals surface area contributed by atoms with Gasteiger partial charge in [0.1, 0.15) is 16.7 Å². The third kappa shape index (κ3) is 4.43. The fourth-order valence-electron chi connectivity index (χ4n) is 1.92. The monoisotopic (exact) mass is 339 g/mol. The molecule has 0 unspecified atom stereocenters. The van der Waals surface area contributed by atoms with Crippen LogP contribution < -0.4 is 10.1 Å². The molecule has 126 valence electrons. The summed E-state index contributed by atoms with van der Waals surface area (Å²) in [4.78, 5) is 12.1. The summed E-state index contributed by atoms with van der Waals surface area (Å²) >= 11 is 0. The Bertz CT molecular complexity index is 708. The SMILES string of the molecule is CCC[C@H](C#N)NC(=O)c1ccc(OC)c(S(=O)(=O)N(C)C)c1. The van der Waals surface area contributed by atoms with E-state index in [0.29, 0.717) is 6.42 Å². The van der Waals surface area contributed by atoms with Gasteiger partial charge in [0.25, 0.3) is 5.91 Å². The highest BCUT2D eigenvalue weighted by Gasteiger charge is 2.24. The topological polar surface area (TPSA) is 99.5 Å². The van der Waals surface area contributed by atoms with Gasteiger partial charge in [-0.05, 0) is 24.6 Å². The molecule has 7 nitrogen and oxygen atoms in total. The number of rotatable bonds is 7. The van der Waals surface area contributed by atoms with E-state index >= 15 is 0 Å². The maximum absolute atomic E-state index is 12.3. The van der Waals surface area contributed by atoms with Crippen molar-refractivity contribution in [2.75, 3.05) is 21.2 Å². The van der Waals surface area contributed by atoms with E-state index in [1.54, 1.807) is 0 Å². The number of sulfonamides is 1. The summed E-state index contributed by atoms with van der Waals surface area (Å²) in [6.07, 6.45) is 1.28. The highest BCUT2D eigenvalue weighted by atomic mass is 32.2. The minimum atomic E-state index is -3.76. The average Bonchev–Trinajstić information content (AvgIpc) is 2.53. The number of carbonyl (C=O) groups excluding carboxylic acids is 1. The lowest BCUT2D eigenvalue weighted by atomic mass is 10.1. The van der Waals surface area contributed by atoms with Crippen LogP contribution in [0.3, 0.4) is 0 Å². The molecule has 0 aliphatic heterocycles. The van der Waals surface area contributed by atoms with Gasteiger partial charge in [-0.2, -0.15) is 5.26 Å². The fourth-order valence-corrected chi connectivity index (χ4v) is 2.99. The summed E-state index contributed by atoms with van der Waals surface area (Å²) < 4.78 is 30.8. The quantitative estimate of drug-likeness (QED) is 0.809. The molecule has 0 heterocycles. The van der Waals surface area contributed by atoms with E-state index in [-0.39, 0.29) is 16.2 Å². The molecule has 1 rings (SSSR count). The second kappa shape index (κ2) is 7.94. The second-order valence-corrected chi connectivity index (χ2v) is 7.22. The first-order valence-electron chi connectivity index (χ1n) is 7.09. The summed E-state index contributed by atoms with van der Waals surface area (Å²) in [5.41, 5.74) is 0.155. The normalized spacial score (nSPS) is 12.5. The lowest BCUT2D eigenvalue weighted by Gasteiger charge is -2.16. The van der Waals surface area contributed by atoms with Crippen molar-refractivity contribution in [1.29, 1.82) is 5.26 Å². The molecule has 0 aliphatic carbocycles. The van der Waals surface area contributed by atoms with Gasteiger partial charge in [0.05, 0.1) is 13.2 Å². The van der Waals surface area contributed by atoms with Crippen LogP contribution >= 0.6 is 0 Å². The summed E-state index contributed by atoms with van der Waals surface area (Å²) in [5, 5.41) is 11.6. The first-order chi connectivity index (χ1) is 10.8. The molecule has 1 aromatic rings. The Morgan fingerprint density at radius 1 is 1.43 bits per heavy atom. The Hall–Kier alpha value is -2.11. The van der Waals surface area contributed by atoms with Crippen molar-refractivity contribution in [3.8, 4) is 11.8 Å². The van der Waals surface area contributed by atoms with Gasteiger partial charge in [0, 0.05) is 19.7 Å². The Morgan fingerprint density at radius 2 is 2.09 bits per heavy atom. The first-order valence-corrected chi connectivity index (χ1v) is 8.53. The van der Waals surface area contributed by atoms with Crippen LogP contribution in [-0.4, -0.2) is 45.9 Å². The van der Waals surface area contributed by atoms with Crippen LogP contribution in [0.15, 0.2) is 23.1 Å². The largest absolute Gasteiger partial charge is 0.495 e. The van der Waals surface area contributed by atoms with E-state index in [1.165, 1.54) is 39.4 Å². The maximum Gasteiger partial charge on any atom is 0.252 e. The molecule has 0 aromatic heterocycles. The number of ether oxygens (including phenoxy) is 1. The number of hydrogen-bond acceptors (Lipinski definition) is 5. The molecule has 0 aliphatic rings. The van der Waals surface area contributed by atoms with Gasteiger partial charge in [0.2, 0.25) is 10.0 Å². The Kier molecular flexibility index (Phi) is 6.54. The molecule has 8 heteroatoms. The molecule has 0 spiro atoms. The number of benzene rings is 1. The van der Waals surface area contributed by atoms with E-state index in [2.05, 4.69) is 5.32 Å². The number of nitriles is 1. The number of methoxy groups -OCH3 is 1. The predicted molar refractivity (Wildman–Crippen MR) is 85.6 cm³/mol. The van der Waals surface area contributed by atoms with Crippen molar-refractivity contribution < 1.29 is 17.9 Å². The number of nitrogens with one attached hydrogen (secondary N) is 1. The lowest BCUT2D eigenvalue weighted by Crippen LogP contribution is -2.33. The van der Waals surface area contributed by atoms with Crippen LogP contribution in [0.2, 0.25) is 0 Å². The maximum atomic E-state index is 12.3. The van der Waals surface area contributed by atoms with Crippen molar-refractivity contribution >= 4 is 15.9 Å². The third-order valence-electron chi connectivity index (χ3n) is 3.22. The minimum absolute atomic E-state index is 0.0957. The average molecular weight is 339 g/mol. The molecule has 1 aromatic carbocycles. The van der Waals surface area contributed by atoms with E-state index in [9.17, 15) is 13.2 Å². The van der Waals surface area contributed by atoms with Crippen molar-refractivity contribution in [1.82, 2.24) is 9.62 Å². The summed E-state index contributed by atoms with van der Waals surface area (Å²) in [7, 11) is 0.396. The molecule has 0 saturated heterocycles. The van der Waals surface area contributed by atoms with Crippen molar-refractivity contribution in [2.24, 2.45) is 0 Å². The summed E-state index contributed by atoms with van der Waals surface area (Å²) in [6, 6.07) is 5.54. The van der Waals surface area contributed by atoms with Gasteiger partial charge in [-0.3, -0.25) is 4.79 Å². The van der Waals surface area contributed by atoms with Crippen molar-refractivity contribution in [2.45, 2.75) is 30.7 Å². The summed E-state index contributed by atoms with van der Waals surface area (Å²) in [5.74, 6) is -0.344. The van der Waals surface area contributed by atoms with Gasteiger partial charge in [0.15, 0.2) is 0 Å². The van der Waals surface area contributed by atoms with Crippen molar-refractivity contribution in [3.05, 3.63) is 23.8 Å². The highest BCUT2D eigenvalue weighted by molar-refractivity contribution is 7.89. The van der Waals surface area contributed by atoms with Gasteiger partial charge < -0.3 is 10.1 Å². The minimum Gasteiger partial charge on any atom is -0.495 e. The van der Waals surface area contributed by atoms with Gasteiger partial charge in [-0.1, -0.05) is 13.3 Å². The number of carbonyl (C=O) groups is 1. The molecule has 1 atom stereocenters. The predicted octanol–water partition coefficient (Wildman–Crippen LogP) is 1.37. The zero-order valence-electron chi connectivity index (χ0n) is 13.7. The van der Waals surface area contributed by atoms with Crippen molar-refractivity contribution in [3.63, 3.8) is 0 Å². The van der Waals surface area contributed by atoms with E-state index in [4.69, 9.17) is 10.00 Å². The number of amides is 1. The molecule has 23 heavy (non-hydrogen) atoms. The molecule has 1 N–H and O–H groups in total. The van der Waals surface area contributed by atoms with Crippen LogP contribution in [0.25, 0.3) is 0 Å². The standard InChI is InChI=1S/C15H21N3O4S/c1-5-6-12(10-16)17-15(19)11-7-8-13(22-4)14(9-11)23(20,21)18(2)3/h7-9,12H,5-6H2,1-4H3,(H,17,19)/t12-/m1/s1. The van der Waals surface area contributed by atoms with Crippen LogP contribution in [0.1, 0.15) is 30.1 Å². The third-order valence-corrected chi connectivity index (χ3v) is 5.06.